The molecule has 0 aromatic carbocycles. The lowest BCUT2D eigenvalue weighted by molar-refractivity contribution is 0.0833. The molecule has 0 aliphatic carbocycles. The third-order valence-electron chi connectivity index (χ3n) is 2.04. The lowest BCUT2D eigenvalue weighted by atomic mass is 10.3. The molecule has 5 nitrogen and oxygen atoms in total. The summed E-state index contributed by atoms with van der Waals surface area (Å²) in [5.74, 6) is 0. The van der Waals surface area contributed by atoms with Gasteiger partial charge in [0.2, 0.25) is 0 Å². The quantitative estimate of drug-likeness (QED) is 0.811. The van der Waals surface area contributed by atoms with Crippen LogP contribution in [-0.2, 0) is 11.3 Å². The van der Waals surface area contributed by atoms with Gasteiger partial charge in [0.05, 0.1) is 18.8 Å². The van der Waals surface area contributed by atoms with E-state index in [2.05, 4.69) is 4.98 Å². The highest BCUT2D eigenvalue weighted by atomic mass is 16.6. The summed E-state index contributed by atoms with van der Waals surface area (Å²) in [4.78, 5) is 17.2. The van der Waals surface area contributed by atoms with Gasteiger partial charge in [-0.3, -0.25) is 4.98 Å². The van der Waals surface area contributed by atoms with Gasteiger partial charge in [0.15, 0.2) is 0 Å². The summed E-state index contributed by atoms with van der Waals surface area (Å²) >= 11 is 0. The fourth-order valence-electron chi connectivity index (χ4n) is 1.22. The molecular formula is C11H16N2O3. The second kappa shape index (κ2) is 6.79. The van der Waals surface area contributed by atoms with Gasteiger partial charge in [-0.25, -0.2) is 4.79 Å². The summed E-state index contributed by atoms with van der Waals surface area (Å²) in [6, 6.07) is 5.54. The fraction of sp³-hybridized carbons (Fsp3) is 0.455. The van der Waals surface area contributed by atoms with E-state index in [1.165, 1.54) is 4.90 Å². The Balaban J connectivity index is 2.52. The Labute approximate surface area is 94.7 Å². The molecule has 5 heteroatoms. The van der Waals surface area contributed by atoms with Crippen LogP contribution >= 0.6 is 0 Å². The lowest BCUT2D eigenvalue weighted by Crippen LogP contribution is -2.31. The Morgan fingerprint density at radius 1 is 1.56 bits per heavy atom. The van der Waals surface area contributed by atoms with Crippen LogP contribution in [0.25, 0.3) is 0 Å². The number of carbonyl (C=O) groups excluding carboxylic acids is 1. The van der Waals surface area contributed by atoms with E-state index in [0.717, 1.165) is 5.69 Å². The third-order valence-corrected chi connectivity index (χ3v) is 2.04. The Morgan fingerprint density at radius 3 is 2.94 bits per heavy atom. The van der Waals surface area contributed by atoms with E-state index in [9.17, 15) is 4.79 Å². The molecule has 0 bridgehead atoms. The SMILES string of the molecule is CCN(Cc1ccccn1)C(=O)OCCO. The average Bonchev–Trinajstić information content (AvgIpc) is 2.34. The number of aromatic nitrogens is 1. The number of rotatable bonds is 5. The maximum Gasteiger partial charge on any atom is 0.410 e. The highest BCUT2D eigenvalue weighted by molar-refractivity contribution is 5.67. The van der Waals surface area contributed by atoms with Crippen LogP contribution in [0.2, 0.25) is 0 Å². The molecule has 0 unspecified atom stereocenters. The van der Waals surface area contributed by atoms with Gasteiger partial charge in [-0.1, -0.05) is 6.07 Å². The minimum atomic E-state index is -0.429. The molecule has 1 aromatic rings. The zero-order chi connectivity index (χ0) is 11.8. The Hall–Kier alpha value is -1.62. The van der Waals surface area contributed by atoms with Crippen LogP contribution in [0.3, 0.4) is 0 Å². The molecule has 1 amide bonds. The summed E-state index contributed by atoms with van der Waals surface area (Å²) in [5.41, 5.74) is 0.810. The van der Waals surface area contributed by atoms with E-state index in [0.29, 0.717) is 13.1 Å². The topological polar surface area (TPSA) is 62.7 Å². The van der Waals surface area contributed by atoms with Crippen LogP contribution in [0.15, 0.2) is 24.4 Å². The largest absolute Gasteiger partial charge is 0.447 e. The van der Waals surface area contributed by atoms with Crippen molar-refractivity contribution in [1.29, 1.82) is 0 Å². The van der Waals surface area contributed by atoms with Crippen molar-refractivity contribution in [3.8, 4) is 0 Å². The van der Waals surface area contributed by atoms with E-state index in [-0.39, 0.29) is 13.2 Å². The summed E-state index contributed by atoms with van der Waals surface area (Å²) in [5, 5.41) is 8.55. The first-order valence-corrected chi connectivity index (χ1v) is 5.20. The van der Waals surface area contributed by atoms with Gasteiger partial charge in [-0.15, -0.1) is 0 Å². The Morgan fingerprint density at radius 2 is 2.38 bits per heavy atom. The first-order chi connectivity index (χ1) is 7.77. The molecule has 16 heavy (non-hydrogen) atoms. The second-order valence-corrected chi connectivity index (χ2v) is 3.17. The first kappa shape index (κ1) is 12.4. The fourth-order valence-corrected chi connectivity index (χ4v) is 1.22. The minimum Gasteiger partial charge on any atom is -0.447 e. The van der Waals surface area contributed by atoms with Gasteiger partial charge in [-0.2, -0.15) is 0 Å². The molecule has 88 valence electrons. The zero-order valence-electron chi connectivity index (χ0n) is 9.30. The number of hydrogen-bond donors (Lipinski definition) is 1. The van der Waals surface area contributed by atoms with Crippen LogP contribution in [0.5, 0.6) is 0 Å². The molecule has 0 radical (unpaired) electrons. The molecule has 1 heterocycles. The predicted octanol–water partition coefficient (Wildman–Crippen LogP) is 1.03. The van der Waals surface area contributed by atoms with E-state index < -0.39 is 6.09 Å². The molecule has 1 N–H and O–H groups in total. The van der Waals surface area contributed by atoms with Crippen LogP contribution in [0, 0.1) is 0 Å². The summed E-state index contributed by atoms with van der Waals surface area (Å²) in [6.45, 7) is 2.69. The molecular weight excluding hydrogens is 208 g/mol. The summed E-state index contributed by atoms with van der Waals surface area (Å²) in [6.07, 6.45) is 1.25. The average molecular weight is 224 g/mol. The highest BCUT2D eigenvalue weighted by Gasteiger charge is 2.13. The first-order valence-electron chi connectivity index (χ1n) is 5.20. The minimum absolute atomic E-state index is 0.0253. The number of carbonyl (C=O) groups is 1. The van der Waals surface area contributed by atoms with E-state index in [1.54, 1.807) is 6.20 Å². The number of amides is 1. The molecule has 0 atom stereocenters. The van der Waals surface area contributed by atoms with E-state index in [1.807, 2.05) is 25.1 Å². The lowest BCUT2D eigenvalue weighted by Gasteiger charge is -2.19. The zero-order valence-corrected chi connectivity index (χ0v) is 9.30. The monoisotopic (exact) mass is 224 g/mol. The van der Waals surface area contributed by atoms with Crippen LogP contribution in [0.4, 0.5) is 4.79 Å². The number of hydrogen-bond acceptors (Lipinski definition) is 4. The molecule has 0 fully saturated rings. The van der Waals surface area contributed by atoms with Crippen LogP contribution < -0.4 is 0 Å². The van der Waals surface area contributed by atoms with Crippen molar-refractivity contribution in [1.82, 2.24) is 9.88 Å². The van der Waals surface area contributed by atoms with Gasteiger partial charge in [0.25, 0.3) is 0 Å². The van der Waals surface area contributed by atoms with Gasteiger partial charge in [0.1, 0.15) is 6.61 Å². The smallest absolute Gasteiger partial charge is 0.410 e. The van der Waals surface area contributed by atoms with Gasteiger partial charge in [0, 0.05) is 12.7 Å². The van der Waals surface area contributed by atoms with Gasteiger partial charge < -0.3 is 14.7 Å². The second-order valence-electron chi connectivity index (χ2n) is 3.17. The predicted molar refractivity (Wildman–Crippen MR) is 58.8 cm³/mol. The van der Waals surface area contributed by atoms with Crippen LogP contribution in [0.1, 0.15) is 12.6 Å². The van der Waals surface area contributed by atoms with Crippen LogP contribution in [-0.4, -0.2) is 40.8 Å². The number of nitrogens with zero attached hydrogens (tertiary/aromatic N) is 2. The molecule has 0 aliphatic rings. The van der Waals surface area contributed by atoms with E-state index >= 15 is 0 Å². The third kappa shape index (κ3) is 3.86. The molecule has 1 rings (SSSR count). The summed E-state index contributed by atoms with van der Waals surface area (Å²) < 4.78 is 4.83. The Bertz CT molecular complexity index is 316. The van der Waals surface area contributed by atoms with E-state index in [4.69, 9.17) is 9.84 Å². The van der Waals surface area contributed by atoms with Crippen molar-refractivity contribution in [3.05, 3.63) is 30.1 Å². The van der Waals surface area contributed by atoms with Gasteiger partial charge >= 0.3 is 6.09 Å². The van der Waals surface area contributed by atoms with Crippen molar-refractivity contribution < 1.29 is 14.6 Å². The number of aliphatic hydroxyl groups excluding tert-OH is 1. The Kier molecular flexibility index (Phi) is 5.28. The number of pyridine rings is 1. The standard InChI is InChI=1S/C11H16N2O3/c1-2-13(11(15)16-8-7-14)9-10-5-3-4-6-12-10/h3-6,14H,2,7-9H2,1H3. The molecule has 0 aliphatic heterocycles. The summed E-state index contributed by atoms with van der Waals surface area (Å²) in [7, 11) is 0. The van der Waals surface area contributed by atoms with Crippen molar-refractivity contribution in [2.75, 3.05) is 19.8 Å². The molecule has 0 spiro atoms. The normalized spacial score (nSPS) is 9.88. The molecule has 0 saturated carbocycles. The highest BCUT2D eigenvalue weighted by Crippen LogP contribution is 2.02. The number of ether oxygens (including phenoxy) is 1. The number of aliphatic hydroxyl groups is 1. The van der Waals surface area contributed by atoms with Gasteiger partial charge in [-0.05, 0) is 19.1 Å². The van der Waals surface area contributed by atoms with Crippen molar-refractivity contribution in [2.45, 2.75) is 13.5 Å². The molecule has 0 saturated heterocycles. The maximum absolute atomic E-state index is 11.5. The maximum atomic E-state index is 11.5. The molecule has 1 aromatic heterocycles. The van der Waals surface area contributed by atoms with Crippen molar-refractivity contribution in [2.24, 2.45) is 0 Å². The van der Waals surface area contributed by atoms with Crippen molar-refractivity contribution >= 4 is 6.09 Å². The van der Waals surface area contributed by atoms with Crippen molar-refractivity contribution in [3.63, 3.8) is 0 Å².